The van der Waals surface area contributed by atoms with E-state index in [9.17, 15) is 4.79 Å². The predicted octanol–water partition coefficient (Wildman–Crippen LogP) is 2.00. The summed E-state index contributed by atoms with van der Waals surface area (Å²) in [5, 5.41) is 22.2. The number of carbonyl (C=O) groups is 1. The third kappa shape index (κ3) is 1.84. The Morgan fingerprint density at radius 3 is 2.83 bits per heavy atom. The smallest absolute Gasteiger partial charge is 0.339 e. The molecule has 0 bridgehead atoms. The monoisotopic (exact) mass is 241 g/mol. The van der Waals surface area contributed by atoms with E-state index in [-0.39, 0.29) is 5.56 Å². The number of rotatable bonds is 3. The molecule has 0 fully saturated rings. The van der Waals surface area contributed by atoms with Gasteiger partial charge in [0, 0.05) is 0 Å². The first-order valence-electron chi connectivity index (χ1n) is 5.48. The summed E-state index contributed by atoms with van der Waals surface area (Å²) in [6.07, 6.45) is 1.84. The van der Waals surface area contributed by atoms with Gasteiger partial charge in [0.25, 0.3) is 0 Å². The molecule has 5 heteroatoms. The van der Waals surface area contributed by atoms with E-state index < -0.39 is 5.97 Å². The highest BCUT2D eigenvalue weighted by atomic mass is 16.4. The van der Waals surface area contributed by atoms with Gasteiger partial charge >= 0.3 is 5.97 Å². The van der Waals surface area contributed by atoms with Crippen molar-refractivity contribution in [2.75, 3.05) is 0 Å². The van der Waals surface area contributed by atoms with Gasteiger partial charge in [-0.25, -0.2) is 9.48 Å². The molecule has 1 aromatic heterocycles. The summed E-state index contributed by atoms with van der Waals surface area (Å²) < 4.78 is 1.52. The maximum Gasteiger partial charge on any atom is 0.339 e. The molecular formula is C13H11N3O2. The Morgan fingerprint density at radius 2 is 2.22 bits per heavy atom. The zero-order valence-corrected chi connectivity index (χ0v) is 9.79. The minimum atomic E-state index is -1.01. The Kier molecular flexibility index (Phi) is 3.11. The molecule has 1 N–H and O–H groups in total. The van der Waals surface area contributed by atoms with Crippen LogP contribution in [0.3, 0.4) is 0 Å². The van der Waals surface area contributed by atoms with Crippen LogP contribution in [0.2, 0.25) is 0 Å². The van der Waals surface area contributed by atoms with Crippen molar-refractivity contribution in [1.29, 1.82) is 5.26 Å². The van der Waals surface area contributed by atoms with Crippen molar-refractivity contribution < 1.29 is 9.90 Å². The topological polar surface area (TPSA) is 78.9 Å². The quantitative estimate of drug-likeness (QED) is 0.891. The van der Waals surface area contributed by atoms with Crippen LogP contribution in [0.15, 0.2) is 30.5 Å². The molecule has 0 aliphatic heterocycles. The highest BCUT2D eigenvalue weighted by Gasteiger charge is 2.17. The maximum atomic E-state index is 11.1. The van der Waals surface area contributed by atoms with Crippen LogP contribution in [0, 0.1) is 11.3 Å². The van der Waals surface area contributed by atoms with Crippen LogP contribution in [-0.2, 0) is 6.42 Å². The number of aromatic nitrogens is 2. The number of hydrogen-bond acceptors (Lipinski definition) is 3. The molecule has 1 aromatic carbocycles. The van der Waals surface area contributed by atoms with Gasteiger partial charge in [-0.1, -0.05) is 19.1 Å². The minimum absolute atomic E-state index is 0.172. The number of nitrogens with zero attached hydrogens (tertiary/aromatic N) is 3. The molecule has 18 heavy (non-hydrogen) atoms. The molecule has 0 aliphatic carbocycles. The van der Waals surface area contributed by atoms with Crippen LogP contribution < -0.4 is 0 Å². The van der Waals surface area contributed by atoms with Gasteiger partial charge in [0.15, 0.2) is 0 Å². The van der Waals surface area contributed by atoms with E-state index in [1.807, 2.05) is 6.92 Å². The first-order chi connectivity index (χ1) is 8.69. The summed E-state index contributed by atoms with van der Waals surface area (Å²) in [5.74, 6) is -1.01. The van der Waals surface area contributed by atoms with Gasteiger partial charge in [0.2, 0.25) is 0 Å². The number of benzene rings is 1. The van der Waals surface area contributed by atoms with Gasteiger partial charge in [-0.3, -0.25) is 0 Å². The lowest BCUT2D eigenvalue weighted by Crippen LogP contribution is -2.06. The van der Waals surface area contributed by atoms with Gasteiger partial charge in [0.1, 0.15) is 11.6 Å². The molecule has 1 heterocycles. The standard InChI is InChI=1S/C13H11N3O2/c1-2-11-10(13(17)18)8-15-16(11)12-6-4-3-5-9(12)7-14/h3-6,8H,2H2,1H3,(H,17,18). The van der Waals surface area contributed by atoms with E-state index in [2.05, 4.69) is 11.2 Å². The average Bonchev–Trinajstić information content (AvgIpc) is 2.82. The molecule has 0 saturated heterocycles. The molecule has 0 unspecified atom stereocenters. The molecule has 0 spiro atoms. The third-order valence-corrected chi connectivity index (χ3v) is 2.69. The Hall–Kier alpha value is -2.61. The molecule has 2 aromatic rings. The summed E-state index contributed by atoms with van der Waals surface area (Å²) in [4.78, 5) is 11.1. The largest absolute Gasteiger partial charge is 0.478 e. The van der Waals surface area contributed by atoms with Crippen molar-refractivity contribution in [1.82, 2.24) is 9.78 Å². The first kappa shape index (κ1) is 11.9. The third-order valence-electron chi connectivity index (χ3n) is 2.69. The fraction of sp³-hybridized carbons (Fsp3) is 0.154. The molecule has 0 atom stereocenters. The van der Waals surface area contributed by atoms with Gasteiger partial charge < -0.3 is 5.11 Å². The zero-order chi connectivity index (χ0) is 13.1. The molecular weight excluding hydrogens is 230 g/mol. The van der Waals surface area contributed by atoms with Gasteiger partial charge in [-0.05, 0) is 18.6 Å². The van der Waals surface area contributed by atoms with Gasteiger partial charge in [-0.2, -0.15) is 10.4 Å². The predicted molar refractivity (Wildman–Crippen MR) is 64.6 cm³/mol. The Balaban J connectivity index is 2.65. The highest BCUT2D eigenvalue weighted by Crippen LogP contribution is 2.18. The first-order valence-corrected chi connectivity index (χ1v) is 5.48. The number of hydrogen-bond donors (Lipinski definition) is 1. The summed E-state index contributed by atoms with van der Waals surface area (Å²) in [7, 11) is 0. The molecule has 0 amide bonds. The number of para-hydroxylation sites is 1. The maximum absolute atomic E-state index is 11.1. The Bertz CT molecular complexity index is 638. The van der Waals surface area contributed by atoms with Crippen molar-refractivity contribution >= 4 is 5.97 Å². The summed E-state index contributed by atoms with van der Waals surface area (Å²) >= 11 is 0. The second kappa shape index (κ2) is 4.72. The number of aromatic carboxylic acids is 1. The van der Waals surface area contributed by atoms with E-state index in [0.717, 1.165) is 0 Å². The van der Waals surface area contributed by atoms with Crippen LogP contribution in [0.25, 0.3) is 5.69 Å². The van der Waals surface area contributed by atoms with E-state index in [0.29, 0.717) is 23.4 Å². The van der Waals surface area contributed by atoms with Crippen LogP contribution in [0.4, 0.5) is 0 Å². The van der Waals surface area contributed by atoms with E-state index >= 15 is 0 Å². The Morgan fingerprint density at radius 1 is 1.50 bits per heavy atom. The van der Waals surface area contributed by atoms with E-state index in [1.165, 1.54) is 10.9 Å². The molecule has 0 aliphatic rings. The van der Waals surface area contributed by atoms with Crippen molar-refractivity contribution in [3.05, 3.63) is 47.3 Å². The highest BCUT2D eigenvalue weighted by molar-refractivity contribution is 5.88. The van der Waals surface area contributed by atoms with Gasteiger partial charge in [-0.15, -0.1) is 0 Å². The van der Waals surface area contributed by atoms with Crippen LogP contribution in [-0.4, -0.2) is 20.9 Å². The summed E-state index contributed by atoms with van der Waals surface area (Å²) in [6.45, 7) is 1.86. The van der Waals surface area contributed by atoms with Crippen molar-refractivity contribution in [3.63, 3.8) is 0 Å². The molecule has 0 saturated carbocycles. The lowest BCUT2D eigenvalue weighted by Gasteiger charge is -2.08. The van der Waals surface area contributed by atoms with Crippen LogP contribution >= 0.6 is 0 Å². The van der Waals surface area contributed by atoms with Gasteiger partial charge in [0.05, 0.1) is 23.1 Å². The SMILES string of the molecule is CCc1c(C(=O)O)cnn1-c1ccccc1C#N. The fourth-order valence-corrected chi connectivity index (χ4v) is 1.85. The minimum Gasteiger partial charge on any atom is -0.478 e. The second-order valence-corrected chi connectivity index (χ2v) is 3.70. The molecule has 90 valence electrons. The lowest BCUT2D eigenvalue weighted by molar-refractivity contribution is 0.0695. The average molecular weight is 241 g/mol. The van der Waals surface area contributed by atoms with Crippen molar-refractivity contribution in [2.24, 2.45) is 0 Å². The van der Waals surface area contributed by atoms with Crippen molar-refractivity contribution in [3.8, 4) is 11.8 Å². The van der Waals surface area contributed by atoms with E-state index in [4.69, 9.17) is 10.4 Å². The Labute approximate surface area is 104 Å². The number of nitriles is 1. The molecule has 5 nitrogen and oxygen atoms in total. The molecule has 0 radical (unpaired) electrons. The summed E-state index contributed by atoms with van der Waals surface area (Å²) in [6, 6.07) is 9.05. The summed E-state index contributed by atoms with van der Waals surface area (Å²) in [5.41, 5.74) is 1.83. The van der Waals surface area contributed by atoms with Crippen LogP contribution in [0.1, 0.15) is 28.5 Å². The van der Waals surface area contributed by atoms with E-state index in [1.54, 1.807) is 24.3 Å². The normalized spacial score (nSPS) is 10.0. The number of carboxylic acid groups (broad SMARTS) is 1. The number of carboxylic acids is 1. The van der Waals surface area contributed by atoms with Crippen molar-refractivity contribution in [2.45, 2.75) is 13.3 Å². The lowest BCUT2D eigenvalue weighted by atomic mass is 10.1. The van der Waals surface area contributed by atoms with Crippen LogP contribution in [0.5, 0.6) is 0 Å². The molecule has 2 rings (SSSR count). The second-order valence-electron chi connectivity index (χ2n) is 3.70. The zero-order valence-electron chi connectivity index (χ0n) is 9.79. The fourth-order valence-electron chi connectivity index (χ4n) is 1.85.